The van der Waals surface area contributed by atoms with Crippen LogP contribution in [-0.2, 0) is 28.6 Å². The number of dihydropyridines is 1. The Kier molecular flexibility index (Phi) is 9.09. The lowest BCUT2D eigenvalue weighted by molar-refractivity contribution is -0.151. The number of benzene rings is 1. The predicted octanol–water partition coefficient (Wildman–Crippen LogP) is 3.67. The maximum atomic E-state index is 13.7. The molecule has 3 unspecified atom stereocenters. The Morgan fingerprint density at radius 1 is 1.09 bits per heavy atom. The van der Waals surface area contributed by atoms with Crippen molar-refractivity contribution in [2.45, 2.75) is 46.5 Å². The fourth-order valence-corrected chi connectivity index (χ4v) is 4.73. The van der Waals surface area contributed by atoms with E-state index in [9.17, 15) is 14.4 Å². The minimum absolute atomic E-state index is 0.104. The Morgan fingerprint density at radius 2 is 1.80 bits per heavy atom. The van der Waals surface area contributed by atoms with E-state index in [0.717, 1.165) is 17.7 Å². The molecule has 2 aliphatic rings. The fourth-order valence-electron chi connectivity index (χ4n) is 4.73. The highest BCUT2D eigenvalue weighted by Crippen LogP contribution is 2.45. The summed E-state index contributed by atoms with van der Waals surface area (Å²) in [6.07, 6.45) is 1.36. The molecule has 0 bridgehead atoms. The van der Waals surface area contributed by atoms with Crippen LogP contribution in [0.1, 0.15) is 52.0 Å². The zero-order chi connectivity index (χ0) is 25.5. The number of allylic oxidation sites excluding steroid dienone is 3. The third-order valence-corrected chi connectivity index (χ3v) is 6.30. The third kappa shape index (κ3) is 5.75. The van der Waals surface area contributed by atoms with Crippen molar-refractivity contribution in [2.24, 2.45) is 11.8 Å². The van der Waals surface area contributed by atoms with E-state index in [-0.39, 0.29) is 18.3 Å². The van der Waals surface area contributed by atoms with E-state index in [1.807, 2.05) is 45.0 Å². The van der Waals surface area contributed by atoms with Gasteiger partial charge in [0.05, 0.1) is 25.9 Å². The summed E-state index contributed by atoms with van der Waals surface area (Å²) in [7, 11) is 1.28. The van der Waals surface area contributed by atoms with Crippen molar-refractivity contribution in [3.8, 4) is 5.75 Å². The SMILES string of the molecule is CCCOCCOC(=O)C1=C(C)NC2=C(C(=O)C(C(=O)OC)C(C)C2)C1c1ccc(OCC)cc1. The molecule has 190 valence electrons. The minimum Gasteiger partial charge on any atom is -0.494 e. The number of ketones is 1. The van der Waals surface area contributed by atoms with Crippen LogP contribution >= 0.6 is 0 Å². The van der Waals surface area contributed by atoms with Crippen LogP contribution in [0.15, 0.2) is 46.8 Å². The molecule has 1 aliphatic carbocycles. The normalized spacial score (nSPS) is 21.9. The number of carbonyl (C=O) groups excluding carboxylic acids is 3. The number of hydrogen-bond acceptors (Lipinski definition) is 8. The van der Waals surface area contributed by atoms with Gasteiger partial charge >= 0.3 is 11.9 Å². The van der Waals surface area contributed by atoms with E-state index in [2.05, 4.69) is 5.32 Å². The molecule has 3 rings (SSSR count). The fraction of sp³-hybridized carbons (Fsp3) is 0.519. The van der Waals surface area contributed by atoms with Gasteiger partial charge in [0.25, 0.3) is 0 Å². The van der Waals surface area contributed by atoms with Crippen LogP contribution in [0.4, 0.5) is 0 Å². The van der Waals surface area contributed by atoms with Gasteiger partial charge < -0.3 is 24.3 Å². The lowest BCUT2D eigenvalue weighted by Crippen LogP contribution is -2.43. The van der Waals surface area contributed by atoms with Gasteiger partial charge in [-0.15, -0.1) is 0 Å². The number of Topliss-reactive ketones (excluding diaryl/α,β-unsaturated/α-hetero) is 1. The molecule has 8 nitrogen and oxygen atoms in total. The van der Waals surface area contributed by atoms with Crippen LogP contribution in [0.25, 0.3) is 0 Å². The molecule has 0 spiro atoms. The monoisotopic (exact) mass is 485 g/mol. The standard InChI is InChI=1S/C27H35NO7/c1-6-12-33-13-14-35-27(31)22-17(4)28-20-15-16(3)21(26(30)32-5)25(29)24(20)23(22)18-8-10-19(11-9-18)34-7-2/h8-11,16,21,23,28H,6-7,12-15H2,1-5H3. The van der Waals surface area contributed by atoms with Crippen LogP contribution in [0, 0.1) is 11.8 Å². The van der Waals surface area contributed by atoms with Crippen molar-refractivity contribution in [1.82, 2.24) is 5.32 Å². The van der Waals surface area contributed by atoms with Crippen LogP contribution in [-0.4, -0.2) is 51.3 Å². The van der Waals surface area contributed by atoms with E-state index in [4.69, 9.17) is 18.9 Å². The predicted molar refractivity (Wildman–Crippen MR) is 130 cm³/mol. The molecule has 1 aromatic rings. The zero-order valence-corrected chi connectivity index (χ0v) is 21.1. The van der Waals surface area contributed by atoms with Crippen molar-refractivity contribution >= 4 is 17.7 Å². The molecule has 0 amide bonds. The molecule has 1 aromatic carbocycles. The molecule has 0 saturated heterocycles. The molecule has 0 radical (unpaired) electrons. The lowest BCUT2D eigenvalue weighted by Gasteiger charge is -2.38. The van der Waals surface area contributed by atoms with Crippen LogP contribution < -0.4 is 10.1 Å². The average molecular weight is 486 g/mol. The van der Waals surface area contributed by atoms with Gasteiger partial charge in [0.15, 0.2) is 5.78 Å². The highest BCUT2D eigenvalue weighted by molar-refractivity contribution is 6.12. The number of esters is 2. The largest absolute Gasteiger partial charge is 0.494 e. The van der Waals surface area contributed by atoms with E-state index in [1.54, 1.807) is 6.92 Å². The number of nitrogens with one attached hydrogen (secondary N) is 1. The van der Waals surface area contributed by atoms with Gasteiger partial charge in [-0.05, 0) is 50.3 Å². The lowest BCUT2D eigenvalue weighted by atomic mass is 9.69. The second kappa shape index (κ2) is 12.0. The molecular formula is C27H35NO7. The highest BCUT2D eigenvalue weighted by Gasteiger charge is 2.47. The molecule has 3 atom stereocenters. The average Bonchev–Trinajstić information content (AvgIpc) is 2.83. The van der Waals surface area contributed by atoms with Gasteiger partial charge in [0, 0.05) is 29.5 Å². The van der Waals surface area contributed by atoms with Gasteiger partial charge in [-0.3, -0.25) is 9.59 Å². The maximum Gasteiger partial charge on any atom is 0.336 e. The molecule has 1 heterocycles. The summed E-state index contributed by atoms with van der Waals surface area (Å²) in [4.78, 5) is 39.5. The molecule has 0 aromatic heterocycles. The summed E-state index contributed by atoms with van der Waals surface area (Å²) in [6.45, 7) is 9.08. The second-order valence-corrected chi connectivity index (χ2v) is 8.79. The van der Waals surface area contributed by atoms with Gasteiger partial charge in [0.1, 0.15) is 18.3 Å². The summed E-state index contributed by atoms with van der Waals surface area (Å²) in [5.74, 6) is -2.58. The Bertz CT molecular complexity index is 1010. The Hall–Kier alpha value is -3.13. The van der Waals surface area contributed by atoms with E-state index >= 15 is 0 Å². The second-order valence-electron chi connectivity index (χ2n) is 8.79. The molecule has 1 aliphatic heterocycles. The Morgan fingerprint density at radius 3 is 2.43 bits per heavy atom. The molecule has 0 saturated carbocycles. The molecule has 35 heavy (non-hydrogen) atoms. The first-order valence-corrected chi connectivity index (χ1v) is 12.1. The van der Waals surface area contributed by atoms with Crippen molar-refractivity contribution in [2.75, 3.05) is 33.5 Å². The quantitative estimate of drug-likeness (QED) is 0.304. The minimum atomic E-state index is -0.927. The summed E-state index contributed by atoms with van der Waals surface area (Å²) in [5.41, 5.74) is 2.83. The first-order valence-electron chi connectivity index (χ1n) is 12.1. The van der Waals surface area contributed by atoms with Crippen molar-refractivity contribution in [3.63, 3.8) is 0 Å². The maximum absolute atomic E-state index is 13.7. The van der Waals surface area contributed by atoms with Gasteiger partial charge in [0.2, 0.25) is 0 Å². The molecule has 0 fully saturated rings. The first kappa shape index (κ1) is 26.5. The molecular weight excluding hydrogens is 450 g/mol. The molecule has 8 heteroatoms. The summed E-state index contributed by atoms with van der Waals surface area (Å²) < 4.78 is 21.5. The summed E-state index contributed by atoms with van der Waals surface area (Å²) >= 11 is 0. The Balaban J connectivity index is 2.01. The topological polar surface area (TPSA) is 100 Å². The number of carbonyl (C=O) groups is 3. The van der Waals surface area contributed by atoms with E-state index < -0.39 is 23.8 Å². The zero-order valence-electron chi connectivity index (χ0n) is 21.1. The van der Waals surface area contributed by atoms with Crippen molar-refractivity contribution in [3.05, 3.63) is 52.4 Å². The highest BCUT2D eigenvalue weighted by atomic mass is 16.6. The summed E-state index contributed by atoms with van der Waals surface area (Å²) in [6, 6.07) is 7.31. The van der Waals surface area contributed by atoms with Gasteiger partial charge in [-0.2, -0.15) is 0 Å². The van der Waals surface area contributed by atoms with Crippen molar-refractivity contribution in [1.29, 1.82) is 0 Å². The first-order chi connectivity index (χ1) is 16.8. The van der Waals surface area contributed by atoms with Crippen LogP contribution in [0.2, 0.25) is 0 Å². The van der Waals surface area contributed by atoms with E-state index in [0.29, 0.717) is 48.8 Å². The third-order valence-electron chi connectivity index (χ3n) is 6.30. The molecule has 1 N–H and O–H groups in total. The van der Waals surface area contributed by atoms with Crippen LogP contribution in [0.3, 0.4) is 0 Å². The van der Waals surface area contributed by atoms with Gasteiger partial charge in [-0.25, -0.2) is 4.79 Å². The Labute approximate surface area is 206 Å². The number of ether oxygens (including phenoxy) is 4. The van der Waals surface area contributed by atoms with Gasteiger partial charge in [-0.1, -0.05) is 26.0 Å². The summed E-state index contributed by atoms with van der Waals surface area (Å²) in [5, 5.41) is 3.26. The smallest absolute Gasteiger partial charge is 0.336 e. The van der Waals surface area contributed by atoms with E-state index in [1.165, 1.54) is 7.11 Å². The number of methoxy groups -OCH3 is 1. The number of hydrogen-bond donors (Lipinski definition) is 1. The van der Waals surface area contributed by atoms with Crippen LogP contribution in [0.5, 0.6) is 5.75 Å². The van der Waals surface area contributed by atoms with Crippen molar-refractivity contribution < 1.29 is 33.3 Å². The number of rotatable bonds is 10.